The number of aromatic nitrogens is 4. The number of nitrogen functional groups attached to an aromatic ring is 1. The normalized spacial score (nSPS) is 11.0. The monoisotopic (exact) mass is 319 g/mol. The van der Waals surface area contributed by atoms with Crippen LogP contribution in [0.5, 0.6) is 0 Å². The van der Waals surface area contributed by atoms with E-state index in [0.717, 1.165) is 10.0 Å². The van der Waals surface area contributed by atoms with Gasteiger partial charge in [-0.2, -0.15) is 0 Å². The summed E-state index contributed by atoms with van der Waals surface area (Å²) in [6, 6.07) is 5.53. The molecule has 0 fully saturated rings. The summed E-state index contributed by atoms with van der Waals surface area (Å²) >= 11 is 3.38. The summed E-state index contributed by atoms with van der Waals surface area (Å²) in [4.78, 5) is 16.0. The Morgan fingerprint density at radius 3 is 2.89 bits per heavy atom. The molecule has 0 aliphatic carbocycles. The summed E-state index contributed by atoms with van der Waals surface area (Å²) in [6.45, 7) is 0.365. The van der Waals surface area contributed by atoms with E-state index in [2.05, 4.69) is 26.0 Å². The van der Waals surface area contributed by atoms with E-state index in [1.807, 2.05) is 12.1 Å². The van der Waals surface area contributed by atoms with Crippen molar-refractivity contribution in [3.8, 4) is 0 Å². The van der Waals surface area contributed by atoms with Crippen molar-refractivity contribution in [1.29, 1.82) is 0 Å². The highest BCUT2D eigenvalue weighted by Crippen LogP contribution is 2.17. The van der Waals surface area contributed by atoms with Crippen LogP contribution in [0, 0.1) is 0 Å². The zero-order valence-electron chi connectivity index (χ0n) is 9.82. The van der Waals surface area contributed by atoms with Crippen LogP contribution in [-0.4, -0.2) is 19.2 Å². The molecule has 0 aliphatic rings. The fourth-order valence-corrected chi connectivity index (χ4v) is 2.48. The summed E-state index contributed by atoms with van der Waals surface area (Å²) in [5, 5.41) is 4.22. The number of hydrogen-bond acceptors (Lipinski definition) is 4. The second-order valence-corrected chi connectivity index (χ2v) is 5.05. The molecule has 0 amide bonds. The van der Waals surface area contributed by atoms with E-state index >= 15 is 0 Å². The first-order valence-electron chi connectivity index (χ1n) is 5.57. The van der Waals surface area contributed by atoms with Gasteiger partial charge in [0.25, 0.3) is 0 Å². The lowest BCUT2D eigenvalue weighted by Gasteiger charge is -2.03. The number of nitrogens with zero attached hydrogens (tertiary/aromatic N) is 4. The first-order valence-corrected chi connectivity index (χ1v) is 6.37. The van der Waals surface area contributed by atoms with Gasteiger partial charge in [-0.3, -0.25) is 4.98 Å². The number of hydrogen-bond donors (Lipinski definition) is 1. The molecule has 19 heavy (non-hydrogen) atoms. The summed E-state index contributed by atoms with van der Waals surface area (Å²) in [5.41, 5.74) is 7.65. The molecule has 7 heteroatoms. The molecule has 0 radical (unpaired) electrons. The van der Waals surface area contributed by atoms with Crippen molar-refractivity contribution in [2.75, 3.05) is 5.73 Å². The maximum Gasteiger partial charge on any atom is 0.350 e. The fourth-order valence-electron chi connectivity index (χ4n) is 1.92. The Hall–Kier alpha value is -2.15. The van der Waals surface area contributed by atoms with Gasteiger partial charge in [0.05, 0.1) is 12.7 Å². The Morgan fingerprint density at radius 2 is 2.16 bits per heavy atom. The molecule has 3 rings (SSSR count). The van der Waals surface area contributed by atoms with E-state index in [0.29, 0.717) is 17.9 Å². The minimum absolute atomic E-state index is 0.198. The highest BCUT2D eigenvalue weighted by Gasteiger charge is 2.07. The second-order valence-electron chi connectivity index (χ2n) is 4.14. The standard InChI is InChI=1S/C12H10BrN5O/c13-9-3-8(4-10(14)5-9)7-18-12(19)17-2-1-15-6-11(17)16-18/h1-6H,7,14H2. The van der Waals surface area contributed by atoms with E-state index in [1.54, 1.807) is 24.7 Å². The summed E-state index contributed by atoms with van der Waals surface area (Å²) in [7, 11) is 0. The molecule has 2 aromatic heterocycles. The van der Waals surface area contributed by atoms with Crippen LogP contribution >= 0.6 is 15.9 Å². The Bertz CT molecular complexity index is 787. The van der Waals surface area contributed by atoms with E-state index in [9.17, 15) is 4.79 Å². The van der Waals surface area contributed by atoms with E-state index in [1.165, 1.54) is 9.08 Å². The fraction of sp³-hybridized carbons (Fsp3) is 0.0833. The third-order valence-electron chi connectivity index (χ3n) is 2.70. The van der Waals surface area contributed by atoms with Crippen LogP contribution in [0.1, 0.15) is 5.56 Å². The third-order valence-corrected chi connectivity index (χ3v) is 3.16. The zero-order valence-corrected chi connectivity index (χ0v) is 11.4. The Kier molecular flexibility index (Phi) is 2.83. The number of benzene rings is 1. The minimum Gasteiger partial charge on any atom is -0.399 e. The molecule has 6 nitrogen and oxygen atoms in total. The second kappa shape index (κ2) is 4.51. The van der Waals surface area contributed by atoms with Gasteiger partial charge in [0.1, 0.15) is 0 Å². The van der Waals surface area contributed by atoms with Gasteiger partial charge >= 0.3 is 5.69 Å². The van der Waals surface area contributed by atoms with Crippen LogP contribution in [0.3, 0.4) is 0 Å². The van der Waals surface area contributed by atoms with Gasteiger partial charge in [0.2, 0.25) is 0 Å². The molecule has 1 aromatic carbocycles. The van der Waals surface area contributed by atoms with Crippen molar-refractivity contribution < 1.29 is 0 Å². The topological polar surface area (TPSA) is 78.2 Å². The van der Waals surface area contributed by atoms with E-state index in [-0.39, 0.29) is 5.69 Å². The summed E-state index contributed by atoms with van der Waals surface area (Å²) < 4.78 is 3.72. The number of nitrogens with two attached hydrogens (primary N) is 1. The van der Waals surface area contributed by atoms with Crippen molar-refractivity contribution in [2.24, 2.45) is 0 Å². The molecule has 0 spiro atoms. The van der Waals surface area contributed by atoms with Gasteiger partial charge in [-0.05, 0) is 23.8 Å². The smallest absolute Gasteiger partial charge is 0.350 e. The van der Waals surface area contributed by atoms with Crippen LogP contribution in [0.2, 0.25) is 0 Å². The van der Waals surface area contributed by atoms with Gasteiger partial charge in [0.15, 0.2) is 5.65 Å². The minimum atomic E-state index is -0.198. The molecule has 0 bridgehead atoms. The van der Waals surface area contributed by atoms with Crippen LogP contribution in [0.4, 0.5) is 5.69 Å². The average Bonchev–Trinajstić information content (AvgIpc) is 2.66. The molecule has 96 valence electrons. The van der Waals surface area contributed by atoms with Gasteiger partial charge in [-0.25, -0.2) is 13.9 Å². The van der Waals surface area contributed by atoms with Crippen molar-refractivity contribution in [2.45, 2.75) is 6.54 Å². The molecule has 0 saturated carbocycles. The molecule has 0 aliphatic heterocycles. The Morgan fingerprint density at radius 1 is 1.32 bits per heavy atom. The predicted octanol–water partition coefficient (Wildman–Crippen LogP) is 1.28. The van der Waals surface area contributed by atoms with Gasteiger partial charge in [-0.1, -0.05) is 15.9 Å². The molecular weight excluding hydrogens is 310 g/mol. The van der Waals surface area contributed by atoms with Gasteiger partial charge in [-0.15, -0.1) is 5.10 Å². The first-order chi connectivity index (χ1) is 9.13. The average molecular weight is 320 g/mol. The van der Waals surface area contributed by atoms with E-state index in [4.69, 9.17) is 5.73 Å². The zero-order chi connectivity index (χ0) is 13.4. The van der Waals surface area contributed by atoms with Crippen LogP contribution < -0.4 is 11.4 Å². The summed E-state index contributed by atoms with van der Waals surface area (Å²) in [5.74, 6) is 0. The quantitative estimate of drug-likeness (QED) is 0.722. The molecule has 0 atom stereocenters. The van der Waals surface area contributed by atoms with Gasteiger partial charge in [0, 0.05) is 22.6 Å². The molecule has 0 saturated heterocycles. The molecular formula is C12H10BrN5O. The maximum atomic E-state index is 12.1. The van der Waals surface area contributed by atoms with Crippen LogP contribution in [-0.2, 0) is 6.54 Å². The largest absolute Gasteiger partial charge is 0.399 e. The molecule has 2 heterocycles. The van der Waals surface area contributed by atoms with Crippen molar-refractivity contribution >= 4 is 27.3 Å². The third kappa shape index (κ3) is 2.24. The van der Waals surface area contributed by atoms with Crippen molar-refractivity contribution in [3.05, 3.63) is 57.3 Å². The molecule has 0 unspecified atom stereocenters. The summed E-state index contributed by atoms with van der Waals surface area (Å²) in [6.07, 6.45) is 4.70. The molecule has 3 aromatic rings. The number of anilines is 1. The van der Waals surface area contributed by atoms with Crippen LogP contribution in [0.15, 0.2) is 46.1 Å². The Balaban J connectivity index is 2.06. The number of rotatable bonds is 2. The molecule has 2 N–H and O–H groups in total. The number of fused-ring (bicyclic) bond motifs is 1. The van der Waals surface area contributed by atoms with Gasteiger partial charge < -0.3 is 5.73 Å². The highest BCUT2D eigenvalue weighted by molar-refractivity contribution is 9.10. The lowest BCUT2D eigenvalue weighted by atomic mass is 10.2. The number of halogens is 1. The predicted molar refractivity (Wildman–Crippen MR) is 74.9 cm³/mol. The maximum absolute atomic E-state index is 12.1. The lowest BCUT2D eigenvalue weighted by Crippen LogP contribution is -2.21. The Labute approximate surface area is 116 Å². The van der Waals surface area contributed by atoms with Crippen LogP contribution in [0.25, 0.3) is 5.65 Å². The first kappa shape index (κ1) is 11.9. The van der Waals surface area contributed by atoms with E-state index < -0.39 is 0 Å². The van der Waals surface area contributed by atoms with Crippen molar-refractivity contribution in [3.63, 3.8) is 0 Å². The SMILES string of the molecule is Nc1cc(Br)cc(Cn2nc3cnccn3c2=O)c1. The lowest BCUT2D eigenvalue weighted by molar-refractivity contribution is 0.658. The van der Waals surface area contributed by atoms with Crippen molar-refractivity contribution in [1.82, 2.24) is 19.2 Å². The highest BCUT2D eigenvalue weighted by atomic mass is 79.9.